The minimum absolute atomic E-state index is 0.106. The van der Waals surface area contributed by atoms with Crippen molar-refractivity contribution in [1.82, 2.24) is 4.90 Å². The number of carbonyl (C=O) groups excluding carboxylic acids is 1. The Bertz CT molecular complexity index is 447. The molecule has 1 aliphatic heterocycles. The van der Waals surface area contributed by atoms with Gasteiger partial charge in [0.05, 0.1) is 13.2 Å². The highest BCUT2D eigenvalue weighted by Gasteiger charge is 2.26. The predicted octanol–water partition coefficient (Wildman–Crippen LogP) is 1.78. The molecule has 0 radical (unpaired) electrons. The van der Waals surface area contributed by atoms with Gasteiger partial charge in [0.15, 0.2) is 0 Å². The molecule has 0 unspecified atom stereocenters. The third-order valence-corrected chi connectivity index (χ3v) is 3.67. The lowest BCUT2D eigenvalue weighted by molar-refractivity contribution is -0.130. The smallest absolute Gasteiger partial charge is 0.223 e. The topological polar surface area (TPSA) is 49.8 Å². The Morgan fingerprint density at radius 1 is 1.53 bits per heavy atom. The molecule has 1 heterocycles. The molecule has 0 aliphatic carbocycles. The number of carbonyl (C=O) groups is 1. The summed E-state index contributed by atoms with van der Waals surface area (Å²) in [5.41, 5.74) is 1.05. The Morgan fingerprint density at radius 2 is 2.26 bits per heavy atom. The molecule has 19 heavy (non-hydrogen) atoms. The van der Waals surface area contributed by atoms with Gasteiger partial charge in [-0.1, -0.05) is 25.1 Å². The lowest BCUT2D eigenvalue weighted by atomic mass is 9.96. The maximum atomic E-state index is 12.1. The van der Waals surface area contributed by atoms with Crippen molar-refractivity contribution >= 4 is 5.91 Å². The van der Waals surface area contributed by atoms with Crippen LogP contribution in [-0.2, 0) is 4.79 Å². The summed E-state index contributed by atoms with van der Waals surface area (Å²) in [7, 11) is 1.64. The van der Waals surface area contributed by atoms with Crippen LogP contribution >= 0.6 is 0 Å². The first-order valence-electron chi connectivity index (χ1n) is 6.70. The van der Waals surface area contributed by atoms with Gasteiger partial charge in [-0.2, -0.15) is 0 Å². The Hall–Kier alpha value is -1.55. The predicted molar refractivity (Wildman–Crippen MR) is 73.2 cm³/mol. The highest BCUT2D eigenvalue weighted by Crippen LogP contribution is 2.29. The molecular formula is C15H21NO3. The fourth-order valence-electron chi connectivity index (χ4n) is 2.54. The van der Waals surface area contributed by atoms with E-state index >= 15 is 0 Å². The van der Waals surface area contributed by atoms with Crippen LogP contribution in [0.25, 0.3) is 0 Å². The molecule has 1 aromatic carbocycles. The van der Waals surface area contributed by atoms with Crippen molar-refractivity contribution in [2.75, 3.05) is 20.2 Å². The summed E-state index contributed by atoms with van der Waals surface area (Å²) in [6, 6.07) is 7.79. The Morgan fingerprint density at radius 3 is 2.89 bits per heavy atom. The summed E-state index contributed by atoms with van der Waals surface area (Å²) in [6.45, 7) is 3.17. The zero-order chi connectivity index (χ0) is 13.8. The average Bonchev–Trinajstić information content (AvgIpc) is 2.85. The van der Waals surface area contributed by atoms with Crippen molar-refractivity contribution in [3.8, 4) is 5.75 Å². The van der Waals surface area contributed by atoms with E-state index in [1.54, 1.807) is 12.0 Å². The summed E-state index contributed by atoms with van der Waals surface area (Å²) in [4.78, 5) is 13.9. The molecule has 0 spiro atoms. The van der Waals surface area contributed by atoms with Crippen LogP contribution in [0.1, 0.15) is 31.2 Å². The van der Waals surface area contributed by atoms with E-state index in [0.717, 1.165) is 11.3 Å². The van der Waals surface area contributed by atoms with Crippen molar-refractivity contribution in [2.45, 2.75) is 31.8 Å². The van der Waals surface area contributed by atoms with Crippen molar-refractivity contribution in [3.05, 3.63) is 29.8 Å². The standard InChI is InChI=1S/C15H21NO3/c1-11(13-5-3-4-6-14(13)19-2)9-15(18)16-8-7-12(17)10-16/h3-6,11-12,17H,7-10H2,1-2H3/t11-,12-/m0/s1. The molecule has 1 aliphatic rings. The van der Waals surface area contributed by atoms with E-state index in [1.807, 2.05) is 31.2 Å². The van der Waals surface area contributed by atoms with Crippen molar-refractivity contribution in [2.24, 2.45) is 0 Å². The van der Waals surface area contributed by atoms with Gasteiger partial charge >= 0.3 is 0 Å². The van der Waals surface area contributed by atoms with E-state index < -0.39 is 0 Å². The molecule has 1 fully saturated rings. The van der Waals surface area contributed by atoms with Crippen molar-refractivity contribution < 1.29 is 14.6 Å². The highest BCUT2D eigenvalue weighted by atomic mass is 16.5. The number of nitrogens with zero attached hydrogens (tertiary/aromatic N) is 1. The molecule has 2 atom stereocenters. The molecule has 4 heteroatoms. The molecule has 0 bridgehead atoms. The Labute approximate surface area is 114 Å². The van der Waals surface area contributed by atoms with Gasteiger partial charge in [0.1, 0.15) is 5.75 Å². The Kier molecular flexibility index (Phi) is 4.43. The molecule has 2 rings (SSSR count). The number of aliphatic hydroxyl groups excluding tert-OH is 1. The van der Waals surface area contributed by atoms with E-state index in [2.05, 4.69) is 0 Å². The molecule has 1 saturated heterocycles. The van der Waals surface area contributed by atoms with E-state index in [0.29, 0.717) is 25.9 Å². The number of β-amino-alcohol motifs (C(OH)–C–C–N with tert-alkyl or cyclic N) is 1. The van der Waals surface area contributed by atoms with Crippen molar-refractivity contribution in [1.29, 1.82) is 0 Å². The second-order valence-electron chi connectivity index (χ2n) is 5.13. The number of amides is 1. The third-order valence-electron chi connectivity index (χ3n) is 3.67. The third kappa shape index (κ3) is 3.26. The maximum Gasteiger partial charge on any atom is 0.223 e. The lowest BCUT2D eigenvalue weighted by Crippen LogP contribution is -2.30. The molecular weight excluding hydrogens is 242 g/mol. The monoisotopic (exact) mass is 263 g/mol. The number of benzene rings is 1. The number of methoxy groups -OCH3 is 1. The first-order valence-corrected chi connectivity index (χ1v) is 6.70. The van der Waals surface area contributed by atoms with E-state index in [-0.39, 0.29) is 17.9 Å². The lowest BCUT2D eigenvalue weighted by Gasteiger charge is -2.20. The van der Waals surface area contributed by atoms with E-state index in [4.69, 9.17) is 4.74 Å². The second kappa shape index (κ2) is 6.06. The van der Waals surface area contributed by atoms with Gasteiger partial charge in [-0.25, -0.2) is 0 Å². The van der Waals surface area contributed by atoms with Gasteiger partial charge in [0.2, 0.25) is 5.91 Å². The zero-order valence-electron chi connectivity index (χ0n) is 11.5. The van der Waals surface area contributed by atoms with Crippen LogP contribution in [0.3, 0.4) is 0 Å². The van der Waals surface area contributed by atoms with Crippen LogP contribution in [0.4, 0.5) is 0 Å². The maximum absolute atomic E-state index is 12.1. The van der Waals surface area contributed by atoms with Crippen LogP contribution in [0.2, 0.25) is 0 Å². The quantitative estimate of drug-likeness (QED) is 0.901. The highest BCUT2D eigenvalue weighted by molar-refractivity contribution is 5.77. The van der Waals surface area contributed by atoms with Gasteiger partial charge in [-0.05, 0) is 24.0 Å². The van der Waals surface area contributed by atoms with Gasteiger partial charge < -0.3 is 14.7 Å². The molecule has 0 saturated carbocycles. The largest absolute Gasteiger partial charge is 0.496 e. The second-order valence-corrected chi connectivity index (χ2v) is 5.13. The number of likely N-dealkylation sites (tertiary alicyclic amines) is 1. The summed E-state index contributed by atoms with van der Waals surface area (Å²) in [5.74, 6) is 1.04. The number of hydrogen-bond donors (Lipinski definition) is 1. The molecule has 1 N–H and O–H groups in total. The summed E-state index contributed by atoms with van der Waals surface area (Å²) < 4.78 is 5.33. The molecule has 4 nitrogen and oxygen atoms in total. The first-order chi connectivity index (χ1) is 9.11. The number of rotatable bonds is 4. The van der Waals surface area contributed by atoms with Crippen LogP contribution in [0.5, 0.6) is 5.75 Å². The fraction of sp³-hybridized carbons (Fsp3) is 0.533. The average molecular weight is 263 g/mol. The number of ether oxygens (including phenoxy) is 1. The normalized spacial score (nSPS) is 20.4. The molecule has 0 aromatic heterocycles. The number of para-hydroxylation sites is 1. The molecule has 1 amide bonds. The minimum atomic E-state index is -0.356. The van der Waals surface area contributed by atoms with E-state index in [9.17, 15) is 9.90 Å². The van der Waals surface area contributed by atoms with Gasteiger partial charge in [0, 0.05) is 19.5 Å². The van der Waals surface area contributed by atoms with Crippen LogP contribution < -0.4 is 4.74 Å². The van der Waals surface area contributed by atoms with Gasteiger partial charge in [-0.3, -0.25) is 4.79 Å². The Balaban J connectivity index is 2.00. The molecule has 104 valence electrons. The van der Waals surface area contributed by atoms with Crippen molar-refractivity contribution in [3.63, 3.8) is 0 Å². The van der Waals surface area contributed by atoms with Crippen LogP contribution in [0.15, 0.2) is 24.3 Å². The van der Waals surface area contributed by atoms with Gasteiger partial charge in [0.25, 0.3) is 0 Å². The number of hydrogen-bond acceptors (Lipinski definition) is 3. The molecule has 1 aromatic rings. The van der Waals surface area contributed by atoms with Crippen LogP contribution in [0, 0.1) is 0 Å². The summed E-state index contributed by atoms with van der Waals surface area (Å²) >= 11 is 0. The summed E-state index contributed by atoms with van der Waals surface area (Å²) in [5, 5.41) is 9.47. The SMILES string of the molecule is COc1ccccc1[C@@H](C)CC(=O)N1CC[C@H](O)C1. The van der Waals surface area contributed by atoms with Gasteiger partial charge in [-0.15, -0.1) is 0 Å². The summed E-state index contributed by atoms with van der Waals surface area (Å²) in [6.07, 6.45) is 0.785. The zero-order valence-corrected chi connectivity index (χ0v) is 11.5. The van der Waals surface area contributed by atoms with E-state index in [1.165, 1.54) is 0 Å². The fourth-order valence-corrected chi connectivity index (χ4v) is 2.54. The minimum Gasteiger partial charge on any atom is -0.496 e. The first kappa shape index (κ1) is 13.9. The van der Waals surface area contributed by atoms with Crippen LogP contribution in [-0.4, -0.2) is 42.2 Å². The number of aliphatic hydroxyl groups is 1.